The summed E-state index contributed by atoms with van der Waals surface area (Å²) in [5.74, 6) is 0.641. The van der Waals surface area contributed by atoms with Gasteiger partial charge in [0.2, 0.25) is 0 Å². The Bertz CT molecular complexity index is 851. The molecule has 0 aliphatic rings. The third kappa shape index (κ3) is 2.30. The maximum Gasteiger partial charge on any atom is 0.417 e. The van der Waals surface area contributed by atoms with E-state index in [1.165, 1.54) is 0 Å². The van der Waals surface area contributed by atoms with Gasteiger partial charge in [-0.3, -0.25) is 4.98 Å². The van der Waals surface area contributed by atoms with Crippen molar-refractivity contribution < 1.29 is 9.15 Å². The fourth-order valence-corrected chi connectivity index (χ4v) is 2.22. The average Bonchev–Trinajstić information content (AvgIpc) is 2.73. The van der Waals surface area contributed by atoms with Gasteiger partial charge in [-0.25, -0.2) is 4.79 Å². The van der Waals surface area contributed by atoms with Crippen molar-refractivity contribution in [3.8, 4) is 11.5 Å². The number of nitrogens with two attached hydrogens (primary N) is 1. The van der Waals surface area contributed by atoms with Crippen molar-refractivity contribution >= 4 is 32.7 Å². The van der Waals surface area contributed by atoms with Gasteiger partial charge in [-0.1, -0.05) is 22.0 Å². The molecule has 0 bridgehead atoms. The van der Waals surface area contributed by atoms with Crippen LogP contribution in [0.4, 0.5) is 5.69 Å². The normalized spacial score (nSPS) is 10.9. The Balaban J connectivity index is 2.07. The standard InChI is InChI=1S/C14H11BrN2O3/c1-7-2-3-8(15)4-11(7)19-12-6-10-13(5-9(12)16)20-14(18)17-10/h2-6H,16H2,1H3,(H,17,18). The second-order valence-corrected chi connectivity index (χ2v) is 5.33. The summed E-state index contributed by atoms with van der Waals surface area (Å²) in [5.41, 5.74) is 8.26. The first-order valence-electron chi connectivity index (χ1n) is 5.89. The van der Waals surface area contributed by atoms with Gasteiger partial charge in [-0.2, -0.15) is 0 Å². The molecule has 0 radical (unpaired) electrons. The minimum Gasteiger partial charge on any atom is -0.455 e. The lowest BCUT2D eigenvalue weighted by Crippen LogP contribution is -1.94. The monoisotopic (exact) mass is 334 g/mol. The van der Waals surface area contributed by atoms with Crippen molar-refractivity contribution in [3.63, 3.8) is 0 Å². The maximum absolute atomic E-state index is 11.2. The Morgan fingerprint density at radius 3 is 2.85 bits per heavy atom. The van der Waals surface area contributed by atoms with E-state index in [1.807, 2.05) is 25.1 Å². The summed E-state index contributed by atoms with van der Waals surface area (Å²) >= 11 is 3.40. The molecule has 6 heteroatoms. The van der Waals surface area contributed by atoms with Crippen LogP contribution in [0.3, 0.4) is 0 Å². The molecule has 20 heavy (non-hydrogen) atoms. The van der Waals surface area contributed by atoms with Gasteiger partial charge in [-0.15, -0.1) is 0 Å². The molecular formula is C14H11BrN2O3. The minimum atomic E-state index is -0.518. The predicted molar refractivity (Wildman–Crippen MR) is 80.2 cm³/mol. The van der Waals surface area contributed by atoms with Crippen LogP contribution >= 0.6 is 15.9 Å². The van der Waals surface area contributed by atoms with Gasteiger partial charge >= 0.3 is 5.76 Å². The molecule has 0 amide bonds. The number of aromatic nitrogens is 1. The molecular weight excluding hydrogens is 324 g/mol. The number of ether oxygens (including phenoxy) is 1. The molecule has 0 spiro atoms. The number of fused-ring (bicyclic) bond motifs is 1. The van der Waals surface area contributed by atoms with Crippen LogP contribution in [-0.4, -0.2) is 4.98 Å². The summed E-state index contributed by atoms with van der Waals surface area (Å²) in [5, 5.41) is 0. The first-order valence-corrected chi connectivity index (χ1v) is 6.68. The first-order chi connectivity index (χ1) is 9.52. The van der Waals surface area contributed by atoms with E-state index in [4.69, 9.17) is 14.9 Å². The zero-order valence-corrected chi connectivity index (χ0v) is 12.2. The van der Waals surface area contributed by atoms with Crippen LogP contribution in [0.2, 0.25) is 0 Å². The Labute approximate surface area is 122 Å². The zero-order valence-electron chi connectivity index (χ0n) is 10.6. The summed E-state index contributed by atoms with van der Waals surface area (Å²) in [7, 11) is 0. The molecule has 3 rings (SSSR count). The molecule has 0 saturated carbocycles. The smallest absolute Gasteiger partial charge is 0.417 e. The number of hydrogen-bond acceptors (Lipinski definition) is 4. The lowest BCUT2D eigenvalue weighted by Gasteiger charge is -2.11. The number of H-pyrrole nitrogens is 1. The molecule has 0 saturated heterocycles. The maximum atomic E-state index is 11.2. The van der Waals surface area contributed by atoms with Crippen molar-refractivity contribution in [2.75, 3.05) is 5.73 Å². The highest BCUT2D eigenvalue weighted by Gasteiger charge is 2.10. The average molecular weight is 335 g/mol. The Hall–Kier alpha value is -2.21. The van der Waals surface area contributed by atoms with E-state index < -0.39 is 5.76 Å². The van der Waals surface area contributed by atoms with Crippen LogP contribution in [0.25, 0.3) is 11.1 Å². The fourth-order valence-electron chi connectivity index (χ4n) is 1.88. The third-order valence-corrected chi connectivity index (χ3v) is 3.41. The van der Waals surface area contributed by atoms with Crippen LogP contribution in [0.1, 0.15) is 5.56 Å². The lowest BCUT2D eigenvalue weighted by molar-refractivity contribution is 0.481. The van der Waals surface area contributed by atoms with Crippen LogP contribution < -0.4 is 16.2 Å². The Morgan fingerprint density at radius 2 is 2.05 bits per heavy atom. The van der Waals surface area contributed by atoms with Crippen LogP contribution in [0.5, 0.6) is 11.5 Å². The summed E-state index contributed by atoms with van der Waals surface area (Å²) in [6.45, 7) is 1.94. The lowest BCUT2D eigenvalue weighted by atomic mass is 10.2. The van der Waals surface area contributed by atoms with Gasteiger partial charge in [-0.05, 0) is 24.6 Å². The number of anilines is 1. The molecule has 0 fully saturated rings. The van der Waals surface area contributed by atoms with Gasteiger partial charge in [0.05, 0.1) is 11.2 Å². The fraction of sp³-hybridized carbons (Fsp3) is 0.0714. The van der Waals surface area contributed by atoms with Crippen LogP contribution in [-0.2, 0) is 0 Å². The second kappa shape index (κ2) is 4.72. The van der Waals surface area contributed by atoms with Gasteiger partial charge in [0.25, 0.3) is 0 Å². The van der Waals surface area contributed by atoms with Crippen molar-refractivity contribution in [1.29, 1.82) is 0 Å². The van der Waals surface area contributed by atoms with Gasteiger partial charge in [0.1, 0.15) is 5.75 Å². The number of halogens is 1. The molecule has 2 aromatic carbocycles. The largest absolute Gasteiger partial charge is 0.455 e. The number of aryl methyl sites for hydroxylation is 1. The topological polar surface area (TPSA) is 81.2 Å². The van der Waals surface area contributed by atoms with E-state index >= 15 is 0 Å². The summed E-state index contributed by atoms with van der Waals surface area (Å²) in [6, 6.07) is 8.94. The molecule has 0 unspecified atom stereocenters. The molecule has 0 aliphatic carbocycles. The number of rotatable bonds is 2. The molecule has 5 nitrogen and oxygen atoms in total. The summed E-state index contributed by atoms with van der Waals surface area (Å²) in [6.07, 6.45) is 0. The SMILES string of the molecule is Cc1ccc(Br)cc1Oc1cc2[nH]c(=O)oc2cc1N. The number of benzene rings is 2. The highest BCUT2D eigenvalue weighted by atomic mass is 79.9. The van der Waals surface area contributed by atoms with E-state index in [1.54, 1.807) is 12.1 Å². The third-order valence-electron chi connectivity index (χ3n) is 2.92. The van der Waals surface area contributed by atoms with E-state index in [0.717, 1.165) is 10.0 Å². The molecule has 3 aromatic rings. The zero-order chi connectivity index (χ0) is 14.3. The van der Waals surface area contributed by atoms with E-state index in [0.29, 0.717) is 28.3 Å². The van der Waals surface area contributed by atoms with E-state index in [-0.39, 0.29) is 0 Å². The number of aromatic amines is 1. The predicted octanol–water partition coefficient (Wildman–Crippen LogP) is 3.57. The van der Waals surface area contributed by atoms with E-state index in [9.17, 15) is 4.79 Å². The van der Waals surface area contributed by atoms with Crippen molar-refractivity contribution in [2.45, 2.75) is 6.92 Å². The molecule has 3 N–H and O–H groups in total. The van der Waals surface area contributed by atoms with Crippen molar-refractivity contribution in [3.05, 3.63) is 50.9 Å². The summed E-state index contributed by atoms with van der Waals surface area (Å²) in [4.78, 5) is 13.7. The van der Waals surface area contributed by atoms with Crippen LogP contribution in [0, 0.1) is 6.92 Å². The molecule has 102 valence electrons. The van der Waals surface area contributed by atoms with Crippen molar-refractivity contribution in [1.82, 2.24) is 4.98 Å². The number of nitrogen functional groups attached to an aromatic ring is 1. The first kappa shape index (κ1) is 12.8. The molecule has 0 aliphatic heterocycles. The van der Waals surface area contributed by atoms with Gasteiger partial charge < -0.3 is 14.9 Å². The summed E-state index contributed by atoms with van der Waals surface area (Å²) < 4.78 is 11.7. The van der Waals surface area contributed by atoms with Gasteiger partial charge in [0.15, 0.2) is 11.3 Å². The Kier molecular flexibility index (Phi) is 3.02. The Morgan fingerprint density at radius 1 is 1.25 bits per heavy atom. The van der Waals surface area contributed by atoms with E-state index in [2.05, 4.69) is 20.9 Å². The second-order valence-electron chi connectivity index (χ2n) is 4.41. The number of oxazole rings is 1. The molecule has 1 aromatic heterocycles. The number of hydrogen-bond donors (Lipinski definition) is 2. The highest BCUT2D eigenvalue weighted by molar-refractivity contribution is 9.10. The highest BCUT2D eigenvalue weighted by Crippen LogP contribution is 2.33. The molecule has 1 heterocycles. The molecule has 0 atom stereocenters. The van der Waals surface area contributed by atoms with Gasteiger partial charge in [0, 0.05) is 16.6 Å². The quantitative estimate of drug-likeness (QED) is 0.702. The van der Waals surface area contributed by atoms with Crippen LogP contribution in [0.15, 0.2) is 44.0 Å². The van der Waals surface area contributed by atoms with Crippen molar-refractivity contribution in [2.24, 2.45) is 0 Å². The number of nitrogens with one attached hydrogen (secondary N) is 1. The minimum absolute atomic E-state index is 0.402.